The minimum absolute atomic E-state index is 0.732. The van der Waals surface area contributed by atoms with Crippen molar-refractivity contribution in [1.82, 2.24) is 9.97 Å². The molecule has 0 amide bonds. The van der Waals surface area contributed by atoms with Gasteiger partial charge in [-0.1, -0.05) is 6.07 Å². The van der Waals surface area contributed by atoms with Gasteiger partial charge < -0.3 is 15.5 Å². The van der Waals surface area contributed by atoms with Crippen LogP contribution in [0.3, 0.4) is 0 Å². The molecule has 100 valence electrons. The van der Waals surface area contributed by atoms with Crippen molar-refractivity contribution in [2.24, 2.45) is 0 Å². The van der Waals surface area contributed by atoms with Gasteiger partial charge in [0.15, 0.2) is 0 Å². The van der Waals surface area contributed by atoms with E-state index in [0.717, 1.165) is 27.5 Å². The molecule has 1 aromatic carbocycles. The van der Waals surface area contributed by atoms with Gasteiger partial charge in [0.2, 0.25) is 0 Å². The summed E-state index contributed by atoms with van der Waals surface area (Å²) in [6, 6.07) is 8.12. The highest BCUT2D eigenvalue weighted by molar-refractivity contribution is 9.10. The number of nitrogens with one attached hydrogen (secondary N) is 2. The van der Waals surface area contributed by atoms with Crippen molar-refractivity contribution in [3.8, 4) is 0 Å². The molecule has 1 heterocycles. The van der Waals surface area contributed by atoms with Gasteiger partial charge in [-0.05, 0) is 34.1 Å². The topological polar surface area (TPSA) is 53.1 Å². The van der Waals surface area contributed by atoms with Crippen LogP contribution in [-0.4, -0.2) is 31.1 Å². The Morgan fingerprint density at radius 1 is 1.16 bits per heavy atom. The maximum Gasteiger partial charge on any atom is 0.150 e. The van der Waals surface area contributed by atoms with Gasteiger partial charge in [0, 0.05) is 32.5 Å². The first kappa shape index (κ1) is 13.6. The van der Waals surface area contributed by atoms with Gasteiger partial charge in [-0.15, -0.1) is 0 Å². The van der Waals surface area contributed by atoms with Crippen LogP contribution in [0, 0.1) is 0 Å². The largest absolute Gasteiger partial charge is 0.378 e. The van der Waals surface area contributed by atoms with Gasteiger partial charge in [-0.3, -0.25) is 0 Å². The van der Waals surface area contributed by atoms with Gasteiger partial charge in [-0.2, -0.15) is 0 Å². The molecule has 0 saturated carbocycles. The first-order valence-electron chi connectivity index (χ1n) is 5.84. The van der Waals surface area contributed by atoms with Gasteiger partial charge >= 0.3 is 0 Å². The van der Waals surface area contributed by atoms with Gasteiger partial charge in [-0.25, -0.2) is 9.97 Å². The summed E-state index contributed by atoms with van der Waals surface area (Å²) in [6.45, 7) is 0. The number of nitrogens with zero attached hydrogens (tertiary/aromatic N) is 3. The highest BCUT2D eigenvalue weighted by atomic mass is 79.9. The lowest BCUT2D eigenvalue weighted by Crippen LogP contribution is -2.08. The predicted octanol–water partition coefficient (Wildman–Crippen LogP) is 3.09. The van der Waals surface area contributed by atoms with Crippen molar-refractivity contribution in [2.45, 2.75) is 0 Å². The SMILES string of the molecule is CNc1ncnc(Nc2cccc(N(C)C)c2)c1Br. The molecular formula is C13H16BrN5. The zero-order valence-corrected chi connectivity index (χ0v) is 12.7. The molecule has 2 N–H and O–H groups in total. The highest BCUT2D eigenvalue weighted by Crippen LogP contribution is 2.29. The smallest absolute Gasteiger partial charge is 0.150 e. The molecule has 0 unspecified atom stereocenters. The number of halogens is 1. The number of aromatic nitrogens is 2. The monoisotopic (exact) mass is 321 g/mol. The predicted molar refractivity (Wildman–Crippen MR) is 83.3 cm³/mol. The van der Waals surface area contributed by atoms with Crippen LogP contribution in [0.2, 0.25) is 0 Å². The highest BCUT2D eigenvalue weighted by Gasteiger charge is 2.07. The third-order valence-electron chi connectivity index (χ3n) is 2.65. The van der Waals surface area contributed by atoms with Gasteiger partial charge in [0.25, 0.3) is 0 Å². The fourth-order valence-corrected chi connectivity index (χ4v) is 2.13. The average Bonchev–Trinajstić information content (AvgIpc) is 2.41. The van der Waals surface area contributed by atoms with Crippen LogP contribution in [-0.2, 0) is 0 Å². The van der Waals surface area contributed by atoms with Crippen LogP contribution >= 0.6 is 15.9 Å². The molecule has 0 spiro atoms. The van der Waals surface area contributed by atoms with Crippen molar-refractivity contribution < 1.29 is 0 Å². The molecule has 0 aliphatic carbocycles. The maximum absolute atomic E-state index is 4.23. The summed E-state index contributed by atoms with van der Waals surface area (Å²) in [5.41, 5.74) is 2.11. The summed E-state index contributed by atoms with van der Waals surface area (Å²) in [5.74, 6) is 1.48. The molecule has 6 heteroatoms. The molecule has 1 aromatic heterocycles. The Hall–Kier alpha value is -1.82. The van der Waals surface area contributed by atoms with Crippen LogP contribution in [0.1, 0.15) is 0 Å². The molecule has 2 rings (SSSR count). The maximum atomic E-state index is 4.23. The molecule has 0 atom stereocenters. The van der Waals surface area contributed by atoms with E-state index in [1.54, 1.807) is 0 Å². The van der Waals surface area contributed by atoms with E-state index in [9.17, 15) is 0 Å². The van der Waals surface area contributed by atoms with E-state index < -0.39 is 0 Å². The summed E-state index contributed by atoms with van der Waals surface area (Å²) < 4.78 is 0.813. The summed E-state index contributed by atoms with van der Waals surface area (Å²) >= 11 is 3.49. The second-order valence-corrected chi connectivity index (χ2v) is 5.00. The van der Waals surface area contributed by atoms with E-state index in [1.807, 2.05) is 33.3 Å². The van der Waals surface area contributed by atoms with E-state index in [2.05, 4.69) is 53.6 Å². The molecular weight excluding hydrogens is 306 g/mol. The Kier molecular flexibility index (Phi) is 4.21. The fourth-order valence-electron chi connectivity index (χ4n) is 1.63. The fraction of sp³-hybridized carbons (Fsp3) is 0.231. The number of benzene rings is 1. The van der Waals surface area contributed by atoms with Crippen molar-refractivity contribution in [1.29, 1.82) is 0 Å². The summed E-state index contributed by atoms with van der Waals surface area (Å²) in [6.07, 6.45) is 1.52. The van der Waals surface area contributed by atoms with Crippen LogP contribution in [0.5, 0.6) is 0 Å². The minimum Gasteiger partial charge on any atom is -0.378 e. The Labute approximate surface area is 121 Å². The van der Waals surface area contributed by atoms with Crippen molar-refractivity contribution in [2.75, 3.05) is 36.7 Å². The molecule has 0 aliphatic rings. The number of hydrogen-bond acceptors (Lipinski definition) is 5. The molecule has 2 aromatic rings. The number of hydrogen-bond donors (Lipinski definition) is 2. The molecule has 5 nitrogen and oxygen atoms in total. The first-order valence-corrected chi connectivity index (χ1v) is 6.63. The average molecular weight is 322 g/mol. The molecule has 0 aliphatic heterocycles. The molecule has 0 radical (unpaired) electrons. The Morgan fingerprint density at radius 2 is 1.89 bits per heavy atom. The van der Waals surface area contributed by atoms with E-state index in [-0.39, 0.29) is 0 Å². The van der Waals surface area contributed by atoms with Gasteiger partial charge in [0.1, 0.15) is 22.4 Å². The Morgan fingerprint density at radius 3 is 2.58 bits per heavy atom. The standard InChI is InChI=1S/C13H16BrN5/c1-15-12-11(14)13(17-8-16-12)18-9-5-4-6-10(7-9)19(2)3/h4-8H,1-3H3,(H2,15,16,17,18). The Balaban J connectivity index is 2.28. The number of anilines is 4. The molecule has 0 fully saturated rings. The van der Waals surface area contributed by atoms with E-state index >= 15 is 0 Å². The van der Waals surface area contributed by atoms with Crippen molar-refractivity contribution >= 4 is 38.9 Å². The van der Waals surface area contributed by atoms with Crippen LogP contribution in [0.25, 0.3) is 0 Å². The van der Waals surface area contributed by atoms with Crippen LogP contribution in [0.4, 0.5) is 23.0 Å². The lowest BCUT2D eigenvalue weighted by atomic mass is 10.2. The normalized spacial score (nSPS) is 10.1. The van der Waals surface area contributed by atoms with Crippen molar-refractivity contribution in [3.05, 3.63) is 35.1 Å². The quantitative estimate of drug-likeness (QED) is 0.906. The van der Waals surface area contributed by atoms with Gasteiger partial charge in [0.05, 0.1) is 0 Å². The van der Waals surface area contributed by atoms with Crippen molar-refractivity contribution in [3.63, 3.8) is 0 Å². The lowest BCUT2D eigenvalue weighted by molar-refractivity contribution is 1.13. The zero-order chi connectivity index (χ0) is 13.8. The summed E-state index contributed by atoms with van der Waals surface area (Å²) in [7, 11) is 5.85. The number of rotatable bonds is 4. The third kappa shape index (κ3) is 3.14. The van der Waals surface area contributed by atoms with E-state index in [0.29, 0.717) is 0 Å². The molecule has 0 saturated heterocycles. The first-order chi connectivity index (χ1) is 9.11. The second kappa shape index (κ2) is 5.88. The summed E-state index contributed by atoms with van der Waals surface area (Å²) in [4.78, 5) is 10.4. The van der Waals surface area contributed by atoms with Crippen LogP contribution in [0.15, 0.2) is 35.1 Å². The minimum atomic E-state index is 0.732. The van der Waals surface area contributed by atoms with Crippen LogP contribution < -0.4 is 15.5 Å². The second-order valence-electron chi connectivity index (χ2n) is 4.20. The Bertz CT molecular complexity index is 571. The summed E-state index contributed by atoms with van der Waals surface area (Å²) in [5, 5.41) is 6.28. The van der Waals surface area contributed by atoms with E-state index in [4.69, 9.17) is 0 Å². The zero-order valence-electron chi connectivity index (χ0n) is 11.1. The lowest BCUT2D eigenvalue weighted by Gasteiger charge is -2.15. The third-order valence-corrected chi connectivity index (χ3v) is 3.40. The molecule has 19 heavy (non-hydrogen) atoms. The molecule has 0 bridgehead atoms. The van der Waals surface area contributed by atoms with E-state index in [1.165, 1.54) is 6.33 Å².